The predicted molar refractivity (Wildman–Crippen MR) is 105 cm³/mol. The minimum absolute atomic E-state index is 0.795. The van der Waals surface area contributed by atoms with Crippen molar-refractivity contribution < 1.29 is 7.06 Å². The Morgan fingerprint density at radius 3 is 2.31 bits per heavy atom. The van der Waals surface area contributed by atoms with Crippen LogP contribution in [0.2, 0.25) is 0 Å². The maximum absolute atomic E-state index is 6.08. The van der Waals surface area contributed by atoms with Crippen LogP contribution in [0, 0.1) is 6.92 Å². The molecule has 4 aromatic rings. The molecule has 3 nitrogen and oxygen atoms in total. The molecule has 0 unspecified atom stereocenters. The van der Waals surface area contributed by atoms with Gasteiger partial charge in [-0.2, -0.15) is 0 Å². The van der Waals surface area contributed by atoms with E-state index in [-0.39, 0.29) is 0 Å². The molecule has 0 bridgehead atoms. The molecule has 4 heteroatoms. The molecule has 0 amide bonds. The van der Waals surface area contributed by atoms with Gasteiger partial charge < -0.3 is 0 Å². The van der Waals surface area contributed by atoms with E-state index in [0.717, 1.165) is 39.2 Å². The fourth-order valence-electron chi connectivity index (χ4n) is 2.87. The fraction of sp³-hybridized carbons (Fsp3) is 0.0455. The van der Waals surface area contributed by atoms with Crippen LogP contribution in [0.25, 0.3) is 22.0 Å². The van der Waals surface area contributed by atoms with Crippen LogP contribution in [-0.4, -0.2) is 23.1 Å². The Labute approximate surface area is 161 Å². The summed E-state index contributed by atoms with van der Waals surface area (Å²) in [6.07, 6.45) is 0. The van der Waals surface area contributed by atoms with Crippen LogP contribution in [0.5, 0.6) is 11.5 Å². The average Bonchev–Trinajstić information content (AvgIpc) is 2.69. The zero-order chi connectivity index (χ0) is 17.8. The van der Waals surface area contributed by atoms with Gasteiger partial charge in [-0.05, 0) is 0 Å². The van der Waals surface area contributed by atoms with Crippen molar-refractivity contribution in [2.75, 3.05) is 0 Å². The van der Waals surface area contributed by atoms with Crippen LogP contribution >= 0.6 is 0 Å². The molecular weight excluding hydrogens is 380 g/mol. The van der Waals surface area contributed by atoms with Gasteiger partial charge in [-0.1, -0.05) is 0 Å². The third-order valence-corrected chi connectivity index (χ3v) is 5.61. The van der Waals surface area contributed by atoms with Gasteiger partial charge in [0, 0.05) is 0 Å². The number of aromatic nitrogens is 1. The van der Waals surface area contributed by atoms with Crippen molar-refractivity contribution in [2.24, 2.45) is 0 Å². The molecule has 0 fully saturated rings. The monoisotopic (exact) mass is 396 g/mol. The summed E-state index contributed by atoms with van der Waals surface area (Å²) < 4.78 is 12.1. The first-order valence-electron chi connectivity index (χ1n) is 8.47. The molecule has 26 heavy (non-hydrogen) atoms. The summed E-state index contributed by atoms with van der Waals surface area (Å²) in [7, 11) is 0. The number of nitrogens with zero attached hydrogens (tertiary/aromatic N) is 1. The molecule has 0 spiro atoms. The number of benzene rings is 3. The van der Waals surface area contributed by atoms with Crippen LogP contribution < -0.4 is 7.06 Å². The van der Waals surface area contributed by atoms with E-state index in [9.17, 15) is 0 Å². The summed E-state index contributed by atoms with van der Waals surface area (Å²) in [5, 5.41) is 1.08. The molecule has 4 rings (SSSR count). The topological polar surface area (TPSA) is 31.4 Å². The minimum atomic E-state index is -1.42. The van der Waals surface area contributed by atoms with Gasteiger partial charge in [0.25, 0.3) is 0 Å². The average molecular weight is 397 g/mol. The van der Waals surface area contributed by atoms with E-state index in [1.54, 1.807) is 0 Å². The van der Waals surface area contributed by atoms with Gasteiger partial charge in [-0.25, -0.2) is 0 Å². The van der Waals surface area contributed by atoms with Crippen LogP contribution in [0.4, 0.5) is 0 Å². The number of pyridine rings is 1. The molecule has 0 atom stereocenters. The van der Waals surface area contributed by atoms with Gasteiger partial charge >= 0.3 is 161 Å². The van der Waals surface area contributed by atoms with Crippen LogP contribution in [0.15, 0.2) is 84.9 Å². The SMILES string of the molecule is Cc1ccc2cccc([O][Ga][O]c3ccccc3-c3ccccc3)c2n1. The van der Waals surface area contributed by atoms with E-state index >= 15 is 0 Å². The number of hydrogen-bond donors (Lipinski definition) is 0. The zero-order valence-corrected chi connectivity index (χ0v) is 16.8. The molecule has 0 aliphatic rings. The molecular formula is C22H17GaNO2. The van der Waals surface area contributed by atoms with Crippen molar-refractivity contribution in [2.45, 2.75) is 6.92 Å². The van der Waals surface area contributed by atoms with Crippen LogP contribution in [-0.2, 0) is 0 Å². The van der Waals surface area contributed by atoms with E-state index in [2.05, 4.69) is 29.2 Å². The van der Waals surface area contributed by atoms with Crippen molar-refractivity contribution in [3.8, 4) is 22.6 Å². The molecule has 1 aromatic heterocycles. The van der Waals surface area contributed by atoms with E-state index in [0.29, 0.717) is 0 Å². The number of aryl methyl sites for hydroxylation is 1. The normalized spacial score (nSPS) is 10.5. The summed E-state index contributed by atoms with van der Waals surface area (Å²) in [4.78, 5) is 4.61. The molecule has 125 valence electrons. The Bertz CT molecular complexity index is 1030. The van der Waals surface area contributed by atoms with Gasteiger partial charge in [0.05, 0.1) is 0 Å². The Balaban J connectivity index is 1.54. The third-order valence-electron chi connectivity index (χ3n) is 4.14. The summed E-state index contributed by atoms with van der Waals surface area (Å²) in [6.45, 7) is 1.99. The molecule has 1 radical (unpaired) electrons. The summed E-state index contributed by atoms with van der Waals surface area (Å²) in [6, 6.07) is 28.4. The molecule has 0 saturated heterocycles. The number of hydrogen-bond acceptors (Lipinski definition) is 3. The Kier molecular flexibility index (Phi) is 4.95. The number of fused-ring (bicyclic) bond motifs is 1. The van der Waals surface area contributed by atoms with Gasteiger partial charge in [0.1, 0.15) is 0 Å². The summed E-state index contributed by atoms with van der Waals surface area (Å²) in [5.74, 6) is 1.66. The van der Waals surface area contributed by atoms with E-state index in [4.69, 9.17) is 7.06 Å². The second kappa shape index (κ2) is 7.68. The second-order valence-corrected chi connectivity index (χ2v) is 7.37. The predicted octanol–water partition coefficient (Wildman–Crippen LogP) is 5.20. The fourth-order valence-corrected chi connectivity index (χ4v) is 4.23. The van der Waals surface area contributed by atoms with Gasteiger partial charge in [0.15, 0.2) is 0 Å². The zero-order valence-electron chi connectivity index (χ0n) is 14.4. The standard InChI is InChI=1S/C12H10O.C10H9NO.Ga/c13-12-9-5-4-8-11(12)10-6-2-1-3-7-10;1-7-5-6-8-3-2-4-9(12)10(8)11-7;/h1-9,13H;2-6,12H,1H3;/q;;+2/p-2. The Morgan fingerprint density at radius 2 is 1.42 bits per heavy atom. The number of para-hydroxylation sites is 2. The first kappa shape index (κ1) is 16.8. The molecule has 1 heterocycles. The van der Waals surface area contributed by atoms with Gasteiger partial charge in [-0.3, -0.25) is 0 Å². The Hall–Kier alpha value is -2.69. The van der Waals surface area contributed by atoms with Gasteiger partial charge in [-0.15, -0.1) is 0 Å². The molecule has 0 N–H and O–H groups in total. The van der Waals surface area contributed by atoms with E-state index in [1.807, 2.05) is 67.6 Å². The van der Waals surface area contributed by atoms with Crippen molar-refractivity contribution in [3.63, 3.8) is 0 Å². The number of rotatable bonds is 5. The van der Waals surface area contributed by atoms with E-state index < -0.39 is 18.1 Å². The first-order chi connectivity index (χ1) is 12.8. The maximum atomic E-state index is 6.08. The molecule has 0 aliphatic carbocycles. The first-order valence-corrected chi connectivity index (χ1v) is 10.4. The van der Waals surface area contributed by atoms with Crippen molar-refractivity contribution >= 4 is 29.0 Å². The molecule has 0 saturated carbocycles. The van der Waals surface area contributed by atoms with Crippen LogP contribution in [0.3, 0.4) is 0 Å². The second-order valence-electron chi connectivity index (χ2n) is 5.97. The third kappa shape index (κ3) is 3.61. The van der Waals surface area contributed by atoms with Crippen molar-refractivity contribution in [3.05, 3.63) is 90.6 Å². The summed E-state index contributed by atoms with van der Waals surface area (Å²) >= 11 is -1.42. The Morgan fingerprint density at radius 1 is 0.692 bits per heavy atom. The van der Waals surface area contributed by atoms with Gasteiger partial charge in [0.2, 0.25) is 0 Å². The van der Waals surface area contributed by atoms with Crippen molar-refractivity contribution in [1.29, 1.82) is 0 Å². The van der Waals surface area contributed by atoms with E-state index in [1.165, 1.54) is 0 Å². The molecule has 3 aromatic carbocycles. The van der Waals surface area contributed by atoms with Crippen LogP contribution in [0.1, 0.15) is 5.69 Å². The quantitative estimate of drug-likeness (QED) is 0.434. The molecule has 0 aliphatic heterocycles. The van der Waals surface area contributed by atoms with Crippen molar-refractivity contribution in [1.82, 2.24) is 4.98 Å². The summed E-state index contributed by atoms with van der Waals surface area (Å²) in [5.41, 5.74) is 4.10.